The fraction of sp³-hybridized carbons (Fsp3) is 0.889. The van der Waals surface area contributed by atoms with Crippen LogP contribution >= 0.6 is 0 Å². The number of carboxylic acids is 1. The Balaban J connectivity index is 2.31. The number of aliphatic hydroxyl groups is 1. The summed E-state index contributed by atoms with van der Waals surface area (Å²) in [5.41, 5.74) is 0. The second kappa shape index (κ2) is 5.19. The van der Waals surface area contributed by atoms with Crippen LogP contribution in [0.4, 0.5) is 0 Å². The lowest BCUT2D eigenvalue weighted by atomic mass is 9.89. The number of aliphatic carboxylic acids is 1. The summed E-state index contributed by atoms with van der Waals surface area (Å²) in [6, 6.07) is 0. The molecule has 1 rings (SSSR count). The number of ether oxygens (including phenoxy) is 1. The molecule has 76 valence electrons. The first-order chi connectivity index (χ1) is 6.24. The topological polar surface area (TPSA) is 66.8 Å². The van der Waals surface area contributed by atoms with E-state index in [1.807, 2.05) is 0 Å². The lowest BCUT2D eigenvalue weighted by Gasteiger charge is -2.23. The second-order valence-electron chi connectivity index (χ2n) is 3.51. The molecule has 0 bridgehead atoms. The summed E-state index contributed by atoms with van der Waals surface area (Å²) in [4.78, 5) is 10.6. The third kappa shape index (κ3) is 3.32. The van der Waals surface area contributed by atoms with Crippen molar-refractivity contribution in [2.45, 2.75) is 19.3 Å². The molecule has 2 N–H and O–H groups in total. The van der Waals surface area contributed by atoms with Crippen molar-refractivity contribution < 1.29 is 19.7 Å². The summed E-state index contributed by atoms with van der Waals surface area (Å²) >= 11 is 0. The molecule has 0 aromatic heterocycles. The zero-order chi connectivity index (χ0) is 9.68. The fourth-order valence-electron chi connectivity index (χ4n) is 1.64. The van der Waals surface area contributed by atoms with Crippen LogP contribution in [0.25, 0.3) is 0 Å². The Morgan fingerprint density at radius 2 is 2.08 bits per heavy atom. The molecular weight excluding hydrogens is 172 g/mol. The van der Waals surface area contributed by atoms with E-state index in [9.17, 15) is 4.79 Å². The van der Waals surface area contributed by atoms with Gasteiger partial charge in [0.05, 0.1) is 12.5 Å². The normalized spacial score (nSPS) is 21.3. The van der Waals surface area contributed by atoms with Gasteiger partial charge >= 0.3 is 5.97 Å². The summed E-state index contributed by atoms with van der Waals surface area (Å²) < 4.78 is 5.17. The average Bonchev–Trinajstić information content (AvgIpc) is 2.15. The summed E-state index contributed by atoms with van der Waals surface area (Å²) in [6.07, 6.45) is 2.42. The van der Waals surface area contributed by atoms with Crippen molar-refractivity contribution in [3.63, 3.8) is 0 Å². The summed E-state index contributed by atoms with van der Waals surface area (Å²) in [5, 5.41) is 17.5. The van der Waals surface area contributed by atoms with Gasteiger partial charge in [-0.25, -0.2) is 0 Å². The Morgan fingerprint density at radius 3 is 2.54 bits per heavy atom. The molecule has 1 atom stereocenters. The first-order valence-corrected chi connectivity index (χ1v) is 4.65. The van der Waals surface area contributed by atoms with E-state index in [2.05, 4.69) is 0 Å². The number of carbonyl (C=O) groups is 1. The Morgan fingerprint density at radius 1 is 1.46 bits per heavy atom. The van der Waals surface area contributed by atoms with Gasteiger partial charge in [0, 0.05) is 13.2 Å². The molecule has 0 spiro atoms. The molecule has 0 amide bonds. The number of hydrogen-bond donors (Lipinski definition) is 2. The molecule has 1 aliphatic heterocycles. The van der Waals surface area contributed by atoms with Gasteiger partial charge in [-0.15, -0.1) is 0 Å². The van der Waals surface area contributed by atoms with Crippen molar-refractivity contribution in [1.29, 1.82) is 0 Å². The number of hydrogen-bond acceptors (Lipinski definition) is 3. The van der Waals surface area contributed by atoms with Gasteiger partial charge in [-0.05, 0) is 25.2 Å². The zero-order valence-electron chi connectivity index (χ0n) is 7.61. The van der Waals surface area contributed by atoms with Crippen LogP contribution in [0, 0.1) is 11.8 Å². The van der Waals surface area contributed by atoms with Crippen LogP contribution in [0.1, 0.15) is 19.3 Å². The van der Waals surface area contributed by atoms with E-state index in [-0.39, 0.29) is 6.61 Å². The molecule has 0 aromatic rings. The molecule has 0 saturated carbocycles. The highest BCUT2D eigenvalue weighted by Crippen LogP contribution is 2.22. The van der Waals surface area contributed by atoms with Gasteiger partial charge in [0.25, 0.3) is 0 Å². The van der Waals surface area contributed by atoms with E-state index in [1.54, 1.807) is 0 Å². The van der Waals surface area contributed by atoms with Gasteiger partial charge < -0.3 is 14.9 Å². The lowest BCUT2D eigenvalue weighted by molar-refractivity contribution is -0.144. The predicted molar refractivity (Wildman–Crippen MR) is 46.4 cm³/mol. The first kappa shape index (κ1) is 10.5. The minimum Gasteiger partial charge on any atom is -0.481 e. The quantitative estimate of drug-likeness (QED) is 0.674. The highest BCUT2D eigenvalue weighted by molar-refractivity contribution is 5.70. The number of carboxylic acid groups (broad SMARTS) is 1. The standard InChI is InChI=1S/C9H16O4/c10-6-8(9(11)12)5-7-1-3-13-4-2-7/h7-8,10H,1-6H2,(H,11,12). The zero-order valence-corrected chi connectivity index (χ0v) is 7.61. The number of rotatable bonds is 4. The van der Waals surface area contributed by atoms with E-state index in [0.717, 1.165) is 26.1 Å². The van der Waals surface area contributed by atoms with Crippen molar-refractivity contribution in [2.75, 3.05) is 19.8 Å². The summed E-state index contributed by atoms with van der Waals surface area (Å²) in [6.45, 7) is 1.19. The maximum absolute atomic E-state index is 10.6. The Kier molecular flexibility index (Phi) is 4.18. The average molecular weight is 188 g/mol. The second-order valence-corrected chi connectivity index (χ2v) is 3.51. The van der Waals surface area contributed by atoms with Crippen molar-refractivity contribution in [3.05, 3.63) is 0 Å². The molecule has 4 heteroatoms. The van der Waals surface area contributed by atoms with Gasteiger partial charge in [0.1, 0.15) is 0 Å². The maximum atomic E-state index is 10.6. The largest absolute Gasteiger partial charge is 0.481 e. The molecule has 1 heterocycles. The third-order valence-electron chi connectivity index (χ3n) is 2.53. The molecule has 1 aliphatic rings. The predicted octanol–water partition coefficient (Wildman–Crippen LogP) is 0.496. The van der Waals surface area contributed by atoms with Crippen LogP contribution in [0.15, 0.2) is 0 Å². The van der Waals surface area contributed by atoms with Crippen LogP contribution in [0.2, 0.25) is 0 Å². The van der Waals surface area contributed by atoms with Gasteiger partial charge in [-0.3, -0.25) is 4.79 Å². The molecule has 0 aliphatic carbocycles. The van der Waals surface area contributed by atoms with Crippen molar-refractivity contribution in [3.8, 4) is 0 Å². The smallest absolute Gasteiger partial charge is 0.308 e. The van der Waals surface area contributed by atoms with Gasteiger partial charge in [0.2, 0.25) is 0 Å². The first-order valence-electron chi connectivity index (χ1n) is 4.65. The molecular formula is C9H16O4. The van der Waals surface area contributed by atoms with Crippen molar-refractivity contribution in [2.24, 2.45) is 11.8 Å². The maximum Gasteiger partial charge on any atom is 0.308 e. The minimum atomic E-state index is -0.894. The van der Waals surface area contributed by atoms with Crippen molar-refractivity contribution in [1.82, 2.24) is 0 Å². The minimum absolute atomic E-state index is 0.257. The molecule has 4 nitrogen and oxygen atoms in total. The lowest BCUT2D eigenvalue weighted by Crippen LogP contribution is -2.24. The van der Waals surface area contributed by atoms with Gasteiger partial charge in [-0.2, -0.15) is 0 Å². The van der Waals surface area contributed by atoms with E-state index in [1.165, 1.54) is 0 Å². The van der Waals surface area contributed by atoms with Gasteiger partial charge in [-0.1, -0.05) is 0 Å². The van der Waals surface area contributed by atoms with Crippen LogP contribution in [0.5, 0.6) is 0 Å². The van der Waals surface area contributed by atoms with Gasteiger partial charge in [0.15, 0.2) is 0 Å². The SMILES string of the molecule is O=C(O)C(CO)CC1CCOCC1. The van der Waals surface area contributed by atoms with E-state index in [4.69, 9.17) is 14.9 Å². The van der Waals surface area contributed by atoms with Crippen LogP contribution < -0.4 is 0 Å². The number of aliphatic hydroxyl groups excluding tert-OH is 1. The highest BCUT2D eigenvalue weighted by Gasteiger charge is 2.23. The molecule has 1 saturated heterocycles. The highest BCUT2D eigenvalue weighted by atomic mass is 16.5. The van der Waals surface area contributed by atoms with Crippen molar-refractivity contribution >= 4 is 5.97 Å². The summed E-state index contributed by atoms with van der Waals surface area (Å²) in [5.74, 6) is -1.08. The van der Waals surface area contributed by atoms with Crippen LogP contribution in [-0.2, 0) is 9.53 Å². The summed E-state index contributed by atoms with van der Waals surface area (Å²) in [7, 11) is 0. The monoisotopic (exact) mass is 188 g/mol. The molecule has 1 unspecified atom stereocenters. The Hall–Kier alpha value is -0.610. The molecule has 0 aromatic carbocycles. The molecule has 0 radical (unpaired) electrons. The van der Waals surface area contributed by atoms with Crippen LogP contribution in [-0.4, -0.2) is 36.0 Å². The Bertz CT molecular complexity index is 163. The fourth-order valence-corrected chi connectivity index (χ4v) is 1.64. The third-order valence-corrected chi connectivity index (χ3v) is 2.53. The van der Waals surface area contributed by atoms with E-state index < -0.39 is 11.9 Å². The van der Waals surface area contributed by atoms with E-state index in [0.29, 0.717) is 12.3 Å². The Labute approximate surface area is 77.5 Å². The van der Waals surface area contributed by atoms with E-state index >= 15 is 0 Å². The molecule has 1 fully saturated rings. The van der Waals surface area contributed by atoms with Crippen LogP contribution in [0.3, 0.4) is 0 Å². The molecule has 13 heavy (non-hydrogen) atoms.